The SMILES string of the molecule is CCC1(CNC(=NC)NCC2(CCOC)CCC2)CCC1.I. The standard InChI is InChI=1S/C17H33N3O.HI/c1-4-16(7-5-8-16)13-19-15(18-2)20-14-17(9-6-10-17)11-12-21-3;/h4-14H2,1-3H3,(H2,18,19,20);1H. The Hall–Kier alpha value is -0.0400. The van der Waals surface area contributed by atoms with E-state index in [1.165, 1.54) is 44.9 Å². The lowest BCUT2D eigenvalue weighted by Crippen LogP contribution is -2.50. The Morgan fingerprint density at radius 3 is 1.95 bits per heavy atom. The molecule has 0 spiro atoms. The Morgan fingerprint density at radius 2 is 1.59 bits per heavy atom. The van der Waals surface area contributed by atoms with Gasteiger partial charge < -0.3 is 15.4 Å². The summed E-state index contributed by atoms with van der Waals surface area (Å²) in [7, 11) is 3.67. The molecule has 2 saturated carbocycles. The molecule has 0 aliphatic heterocycles. The Kier molecular flexibility index (Phi) is 8.46. The van der Waals surface area contributed by atoms with E-state index < -0.39 is 0 Å². The molecule has 130 valence electrons. The van der Waals surface area contributed by atoms with Gasteiger partial charge in [-0.1, -0.05) is 19.8 Å². The van der Waals surface area contributed by atoms with Crippen molar-refractivity contribution in [3.05, 3.63) is 0 Å². The minimum atomic E-state index is 0. The Balaban J connectivity index is 0.00000242. The summed E-state index contributed by atoms with van der Waals surface area (Å²) in [5.41, 5.74) is 0.967. The summed E-state index contributed by atoms with van der Waals surface area (Å²) >= 11 is 0. The van der Waals surface area contributed by atoms with E-state index in [0.717, 1.165) is 32.1 Å². The molecule has 0 atom stereocenters. The predicted octanol–water partition coefficient (Wildman–Crippen LogP) is 3.56. The molecular weight excluding hydrogens is 389 g/mol. The van der Waals surface area contributed by atoms with Crippen LogP contribution < -0.4 is 10.6 Å². The quantitative estimate of drug-likeness (QED) is 0.357. The summed E-state index contributed by atoms with van der Waals surface area (Å²) in [6, 6.07) is 0. The second-order valence-corrected chi connectivity index (χ2v) is 7.08. The van der Waals surface area contributed by atoms with Crippen LogP contribution >= 0.6 is 24.0 Å². The van der Waals surface area contributed by atoms with Crippen LogP contribution in [0.3, 0.4) is 0 Å². The average Bonchev–Trinajstić information content (AvgIpc) is 2.42. The lowest BCUT2D eigenvalue weighted by Gasteiger charge is -2.43. The van der Waals surface area contributed by atoms with Crippen LogP contribution in [0.5, 0.6) is 0 Å². The maximum Gasteiger partial charge on any atom is 0.191 e. The lowest BCUT2D eigenvalue weighted by molar-refractivity contribution is 0.0730. The average molecular weight is 423 g/mol. The van der Waals surface area contributed by atoms with Crippen molar-refractivity contribution in [2.24, 2.45) is 15.8 Å². The van der Waals surface area contributed by atoms with E-state index in [0.29, 0.717) is 10.8 Å². The first kappa shape index (κ1) is 20.0. The normalized spacial score (nSPS) is 22.0. The van der Waals surface area contributed by atoms with Crippen LogP contribution in [0.4, 0.5) is 0 Å². The number of hydrogen-bond donors (Lipinski definition) is 2. The highest BCUT2D eigenvalue weighted by Gasteiger charge is 2.37. The Labute approximate surface area is 153 Å². The van der Waals surface area contributed by atoms with Crippen molar-refractivity contribution in [2.75, 3.05) is 33.9 Å². The van der Waals surface area contributed by atoms with Gasteiger partial charge in [0.1, 0.15) is 0 Å². The maximum atomic E-state index is 5.26. The van der Waals surface area contributed by atoms with Crippen molar-refractivity contribution in [3.8, 4) is 0 Å². The molecule has 22 heavy (non-hydrogen) atoms. The number of aliphatic imine (C=N–C) groups is 1. The smallest absolute Gasteiger partial charge is 0.191 e. The van der Waals surface area contributed by atoms with Crippen LogP contribution in [0.15, 0.2) is 4.99 Å². The number of halogens is 1. The van der Waals surface area contributed by atoms with E-state index >= 15 is 0 Å². The third kappa shape index (κ3) is 4.98. The number of rotatable bonds is 8. The molecule has 2 fully saturated rings. The Morgan fingerprint density at radius 1 is 1.05 bits per heavy atom. The van der Waals surface area contributed by atoms with Crippen LogP contribution in [0.1, 0.15) is 58.3 Å². The highest BCUT2D eigenvalue weighted by molar-refractivity contribution is 14.0. The largest absolute Gasteiger partial charge is 0.385 e. The molecule has 2 aliphatic carbocycles. The zero-order chi connectivity index (χ0) is 15.2. The fourth-order valence-corrected chi connectivity index (χ4v) is 3.61. The molecule has 0 amide bonds. The van der Waals surface area contributed by atoms with Crippen molar-refractivity contribution >= 4 is 29.9 Å². The topological polar surface area (TPSA) is 45.7 Å². The number of hydrogen-bond acceptors (Lipinski definition) is 2. The highest BCUT2D eigenvalue weighted by Crippen LogP contribution is 2.44. The molecule has 2 aliphatic rings. The molecule has 0 bridgehead atoms. The number of ether oxygens (including phenoxy) is 1. The summed E-state index contributed by atoms with van der Waals surface area (Å²) < 4.78 is 5.26. The zero-order valence-corrected chi connectivity index (χ0v) is 16.9. The van der Waals surface area contributed by atoms with Gasteiger partial charge in [-0.25, -0.2) is 0 Å². The third-order valence-corrected chi connectivity index (χ3v) is 5.90. The summed E-state index contributed by atoms with van der Waals surface area (Å²) in [5.74, 6) is 0.971. The molecule has 5 heteroatoms. The van der Waals surface area contributed by atoms with Crippen molar-refractivity contribution in [1.29, 1.82) is 0 Å². The summed E-state index contributed by atoms with van der Waals surface area (Å²) in [4.78, 5) is 4.39. The molecule has 0 heterocycles. The monoisotopic (exact) mass is 423 g/mol. The molecule has 0 aromatic carbocycles. The molecule has 2 rings (SSSR count). The van der Waals surface area contributed by atoms with Gasteiger partial charge >= 0.3 is 0 Å². The first-order valence-corrected chi connectivity index (χ1v) is 8.61. The van der Waals surface area contributed by atoms with Crippen molar-refractivity contribution in [2.45, 2.75) is 58.3 Å². The summed E-state index contributed by atoms with van der Waals surface area (Å²) in [6.45, 7) is 5.27. The van der Waals surface area contributed by atoms with Gasteiger partial charge in [0.2, 0.25) is 0 Å². The molecular formula is C17H34IN3O. The zero-order valence-electron chi connectivity index (χ0n) is 14.5. The summed E-state index contributed by atoms with van der Waals surface area (Å²) in [6.07, 6.45) is 10.5. The van der Waals surface area contributed by atoms with Gasteiger partial charge in [-0.05, 0) is 49.4 Å². The van der Waals surface area contributed by atoms with Gasteiger partial charge in [-0.3, -0.25) is 4.99 Å². The molecule has 4 nitrogen and oxygen atoms in total. The molecule has 2 N–H and O–H groups in total. The van der Waals surface area contributed by atoms with E-state index in [1.54, 1.807) is 7.11 Å². The number of nitrogens with one attached hydrogen (secondary N) is 2. The third-order valence-electron chi connectivity index (χ3n) is 5.90. The van der Waals surface area contributed by atoms with E-state index in [2.05, 4.69) is 22.5 Å². The minimum Gasteiger partial charge on any atom is -0.385 e. The second-order valence-electron chi connectivity index (χ2n) is 7.08. The number of methoxy groups -OCH3 is 1. The highest BCUT2D eigenvalue weighted by atomic mass is 127. The van der Waals surface area contributed by atoms with Crippen LogP contribution in [0, 0.1) is 10.8 Å². The maximum absolute atomic E-state index is 5.26. The molecule has 0 aromatic heterocycles. The first-order valence-electron chi connectivity index (χ1n) is 8.61. The van der Waals surface area contributed by atoms with Gasteiger partial charge in [-0.15, -0.1) is 24.0 Å². The van der Waals surface area contributed by atoms with Crippen molar-refractivity contribution < 1.29 is 4.74 Å². The number of guanidine groups is 1. The first-order chi connectivity index (χ1) is 10.2. The Bertz CT molecular complexity index is 346. The fraction of sp³-hybridized carbons (Fsp3) is 0.941. The molecule has 0 unspecified atom stereocenters. The van der Waals surface area contributed by atoms with Crippen LogP contribution in [0.25, 0.3) is 0 Å². The summed E-state index contributed by atoms with van der Waals surface area (Å²) in [5, 5.41) is 7.10. The van der Waals surface area contributed by atoms with E-state index in [1.807, 2.05) is 7.05 Å². The van der Waals surface area contributed by atoms with Crippen molar-refractivity contribution in [1.82, 2.24) is 10.6 Å². The van der Waals surface area contributed by atoms with Gasteiger partial charge in [0.05, 0.1) is 0 Å². The molecule has 0 saturated heterocycles. The molecule has 0 aromatic rings. The van der Waals surface area contributed by atoms with Crippen LogP contribution in [-0.4, -0.2) is 39.8 Å². The second kappa shape index (κ2) is 9.30. The van der Waals surface area contributed by atoms with Crippen LogP contribution in [-0.2, 0) is 4.74 Å². The van der Waals surface area contributed by atoms with Gasteiger partial charge in [-0.2, -0.15) is 0 Å². The van der Waals surface area contributed by atoms with E-state index in [9.17, 15) is 0 Å². The predicted molar refractivity (Wildman–Crippen MR) is 104 cm³/mol. The van der Waals surface area contributed by atoms with Crippen molar-refractivity contribution in [3.63, 3.8) is 0 Å². The minimum absolute atomic E-state index is 0. The lowest BCUT2D eigenvalue weighted by atomic mass is 9.66. The number of nitrogens with zero attached hydrogens (tertiary/aromatic N) is 1. The fourth-order valence-electron chi connectivity index (χ4n) is 3.61. The van der Waals surface area contributed by atoms with Gasteiger partial charge in [0.15, 0.2) is 5.96 Å². The van der Waals surface area contributed by atoms with Gasteiger partial charge in [0.25, 0.3) is 0 Å². The molecule has 0 radical (unpaired) electrons. The van der Waals surface area contributed by atoms with Gasteiger partial charge in [0, 0.05) is 33.9 Å². The van der Waals surface area contributed by atoms with E-state index in [4.69, 9.17) is 4.74 Å². The van der Waals surface area contributed by atoms with E-state index in [-0.39, 0.29) is 24.0 Å². The van der Waals surface area contributed by atoms with Crippen LogP contribution in [0.2, 0.25) is 0 Å².